The summed E-state index contributed by atoms with van der Waals surface area (Å²) in [5, 5.41) is 3.53. The second kappa shape index (κ2) is 9.16. The number of hydrogen-bond acceptors (Lipinski definition) is 4. The molecule has 0 unspecified atom stereocenters. The Bertz CT molecular complexity index is 716. The Morgan fingerprint density at radius 2 is 1.65 bits per heavy atom. The predicted octanol–water partition coefficient (Wildman–Crippen LogP) is 2.27. The first-order valence-electron chi connectivity index (χ1n) is 8.03. The van der Waals surface area contributed by atoms with Gasteiger partial charge in [-0.15, -0.1) is 0 Å². The smallest absolute Gasteiger partial charge is 0.262 e. The molecule has 1 aromatic carbocycles. The second-order valence-electron chi connectivity index (χ2n) is 5.64. The SMILES string of the molecule is CCCCCNC(=S)NNC(=O)CN1C(=O)c2cc(Cl)c(Cl)cc2C1=O. The first-order valence-corrected chi connectivity index (χ1v) is 9.19. The zero-order valence-electron chi connectivity index (χ0n) is 14.0. The van der Waals surface area contributed by atoms with Gasteiger partial charge in [0.2, 0.25) is 0 Å². The van der Waals surface area contributed by atoms with Crippen molar-refractivity contribution in [2.75, 3.05) is 13.1 Å². The van der Waals surface area contributed by atoms with Gasteiger partial charge in [-0.3, -0.25) is 30.1 Å². The number of fused-ring (bicyclic) bond motifs is 1. The standard InChI is InChI=1S/C16H18Cl2N4O3S/c1-2-3-4-5-19-16(26)21-20-13(23)8-22-14(24)9-6-11(17)12(18)7-10(9)15(22)25/h6-7H,2-5,8H2,1H3,(H,20,23)(H2,19,21,26). The van der Waals surface area contributed by atoms with Crippen LogP contribution >= 0.6 is 35.4 Å². The molecule has 1 aliphatic rings. The van der Waals surface area contributed by atoms with Crippen LogP contribution in [0.2, 0.25) is 10.0 Å². The topological polar surface area (TPSA) is 90.5 Å². The maximum absolute atomic E-state index is 12.3. The monoisotopic (exact) mass is 416 g/mol. The van der Waals surface area contributed by atoms with Gasteiger partial charge >= 0.3 is 0 Å². The Balaban J connectivity index is 1.87. The van der Waals surface area contributed by atoms with E-state index in [4.69, 9.17) is 35.4 Å². The van der Waals surface area contributed by atoms with Crippen LogP contribution in [-0.4, -0.2) is 40.8 Å². The Morgan fingerprint density at radius 1 is 1.08 bits per heavy atom. The third-order valence-corrected chi connectivity index (χ3v) is 4.66. The van der Waals surface area contributed by atoms with E-state index in [1.165, 1.54) is 12.1 Å². The summed E-state index contributed by atoms with van der Waals surface area (Å²) >= 11 is 16.8. The van der Waals surface area contributed by atoms with Gasteiger partial charge in [0, 0.05) is 6.54 Å². The molecular formula is C16H18Cl2N4O3S. The van der Waals surface area contributed by atoms with Gasteiger partial charge in [0.05, 0.1) is 21.2 Å². The summed E-state index contributed by atoms with van der Waals surface area (Å²) in [5.74, 6) is -1.78. The molecule has 26 heavy (non-hydrogen) atoms. The molecule has 7 nitrogen and oxygen atoms in total. The van der Waals surface area contributed by atoms with Gasteiger partial charge in [0.25, 0.3) is 17.7 Å². The number of unbranched alkanes of at least 4 members (excludes halogenated alkanes) is 2. The van der Waals surface area contributed by atoms with Crippen molar-refractivity contribution in [2.24, 2.45) is 0 Å². The summed E-state index contributed by atoms with van der Waals surface area (Å²) in [6, 6.07) is 2.65. The van der Waals surface area contributed by atoms with E-state index in [2.05, 4.69) is 23.1 Å². The van der Waals surface area contributed by atoms with E-state index >= 15 is 0 Å². The zero-order valence-corrected chi connectivity index (χ0v) is 16.4. The number of hydrogen-bond donors (Lipinski definition) is 3. The highest BCUT2D eigenvalue weighted by molar-refractivity contribution is 7.80. The Hall–Kier alpha value is -1.90. The van der Waals surface area contributed by atoms with E-state index in [0.29, 0.717) is 6.54 Å². The minimum Gasteiger partial charge on any atom is -0.361 e. The molecule has 0 aliphatic carbocycles. The Labute approximate surface area is 166 Å². The minimum atomic E-state index is -0.598. The molecule has 1 aliphatic heterocycles. The van der Waals surface area contributed by atoms with Crippen molar-refractivity contribution in [3.05, 3.63) is 33.3 Å². The van der Waals surface area contributed by atoms with E-state index in [9.17, 15) is 14.4 Å². The molecule has 0 radical (unpaired) electrons. The minimum absolute atomic E-state index is 0.123. The molecule has 3 N–H and O–H groups in total. The van der Waals surface area contributed by atoms with Crippen LogP contribution in [0.1, 0.15) is 46.9 Å². The fourth-order valence-corrected chi connectivity index (χ4v) is 2.84. The Morgan fingerprint density at radius 3 is 2.19 bits per heavy atom. The summed E-state index contributed by atoms with van der Waals surface area (Å²) in [6.45, 7) is 2.33. The molecule has 0 spiro atoms. The number of halogens is 2. The number of rotatable bonds is 6. The highest BCUT2D eigenvalue weighted by atomic mass is 35.5. The third-order valence-electron chi connectivity index (χ3n) is 3.69. The van der Waals surface area contributed by atoms with Crippen molar-refractivity contribution >= 4 is 58.3 Å². The van der Waals surface area contributed by atoms with E-state index in [1.807, 2.05) is 0 Å². The predicted molar refractivity (Wildman–Crippen MR) is 103 cm³/mol. The molecular weight excluding hydrogens is 399 g/mol. The van der Waals surface area contributed by atoms with E-state index in [1.54, 1.807) is 0 Å². The number of amides is 3. The number of thiocarbonyl (C=S) groups is 1. The largest absolute Gasteiger partial charge is 0.361 e. The molecule has 10 heteroatoms. The van der Waals surface area contributed by atoms with E-state index in [-0.39, 0.29) is 26.3 Å². The average Bonchev–Trinajstić information content (AvgIpc) is 2.82. The van der Waals surface area contributed by atoms with Crippen LogP contribution in [0.25, 0.3) is 0 Å². The highest BCUT2D eigenvalue weighted by Crippen LogP contribution is 2.31. The lowest BCUT2D eigenvalue weighted by molar-refractivity contribution is -0.122. The summed E-state index contributed by atoms with van der Waals surface area (Å²) in [6.07, 6.45) is 3.14. The van der Waals surface area contributed by atoms with Gasteiger partial charge in [0.15, 0.2) is 5.11 Å². The number of imide groups is 1. The Kier molecular flexibility index (Phi) is 7.19. The summed E-state index contributed by atoms with van der Waals surface area (Å²) in [5.41, 5.74) is 5.13. The normalized spacial score (nSPS) is 12.8. The van der Waals surface area contributed by atoms with Crippen LogP contribution in [0.15, 0.2) is 12.1 Å². The van der Waals surface area contributed by atoms with Crippen LogP contribution in [-0.2, 0) is 4.79 Å². The first-order chi connectivity index (χ1) is 12.3. The number of nitrogens with zero attached hydrogens (tertiary/aromatic N) is 1. The van der Waals surface area contributed by atoms with Gasteiger partial charge in [-0.2, -0.15) is 0 Å². The molecule has 1 aromatic rings. The van der Waals surface area contributed by atoms with E-state index in [0.717, 1.165) is 24.2 Å². The van der Waals surface area contributed by atoms with Crippen molar-refractivity contribution in [1.82, 2.24) is 21.1 Å². The lowest BCUT2D eigenvalue weighted by Crippen LogP contribution is -2.50. The van der Waals surface area contributed by atoms with Crippen molar-refractivity contribution < 1.29 is 14.4 Å². The fourth-order valence-electron chi connectivity index (χ4n) is 2.36. The lowest BCUT2D eigenvalue weighted by Gasteiger charge is -2.15. The van der Waals surface area contributed by atoms with E-state index < -0.39 is 24.3 Å². The molecule has 0 aromatic heterocycles. The van der Waals surface area contributed by atoms with Gasteiger partial charge in [-0.05, 0) is 30.8 Å². The number of carbonyl (C=O) groups excluding carboxylic acids is 3. The van der Waals surface area contributed by atoms with Crippen LogP contribution in [0.3, 0.4) is 0 Å². The highest BCUT2D eigenvalue weighted by Gasteiger charge is 2.37. The molecule has 3 amide bonds. The second-order valence-corrected chi connectivity index (χ2v) is 6.87. The molecule has 140 valence electrons. The molecule has 0 fully saturated rings. The van der Waals surface area contributed by atoms with Crippen LogP contribution in [0.5, 0.6) is 0 Å². The molecule has 0 saturated heterocycles. The molecule has 1 heterocycles. The fraction of sp³-hybridized carbons (Fsp3) is 0.375. The first kappa shape index (κ1) is 20.4. The van der Waals surface area contributed by atoms with Crippen molar-refractivity contribution in [2.45, 2.75) is 26.2 Å². The average molecular weight is 417 g/mol. The van der Waals surface area contributed by atoms with Gasteiger partial charge in [0.1, 0.15) is 6.54 Å². The van der Waals surface area contributed by atoms with Crippen molar-refractivity contribution in [1.29, 1.82) is 0 Å². The number of carbonyl (C=O) groups is 3. The number of nitrogens with one attached hydrogen (secondary N) is 3. The quantitative estimate of drug-likeness (QED) is 0.285. The zero-order chi connectivity index (χ0) is 19.3. The molecule has 0 bridgehead atoms. The van der Waals surface area contributed by atoms with Gasteiger partial charge < -0.3 is 5.32 Å². The van der Waals surface area contributed by atoms with Crippen LogP contribution < -0.4 is 16.2 Å². The maximum atomic E-state index is 12.3. The van der Waals surface area contributed by atoms with Gasteiger partial charge in [-0.1, -0.05) is 43.0 Å². The van der Waals surface area contributed by atoms with Crippen LogP contribution in [0.4, 0.5) is 0 Å². The number of benzene rings is 1. The lowest BCUT2D eigenvalue weighted by atomic mass is 10.1. The molecule has 0 atom stereocenters. The van der Waals surface area contributed by atoms with Crippen molar-refractivity contribution in [3.8, 4) is 0 Å². The van der Waals surface area contributed by atoms with Crippen LogP contribution in [0, 0.1) is 0 Å². The molecule has 0 saturated carbocycles. The maximum Gasteiger partial charge on any atom is 0.262 e. The third kappa shape index (κ3) is 4.84. The number of hydrazine groups is 1. The van der Waals surface area contributed by atoms with Crippen molar-refractivity contribution in [3.63, 3.8) is 0 Å². The summed E-state index contributed by atoms with van der Waals surface area (Å²) in [7, 11) is 0. The summed E-state index contributed by atoms with van der Waals surface area (Å²) < 4.78 is 0. The van der Waals surface area contributed by atoms with Gasteiger partial charge in [-0.25, -0.2) is 0 Å². The summed E-state index contributed by atoms with van der Waals surface area (Å²) in [4.78, 5) is 37.4. The molecule has 2 rings (SSSR count).